The number of carboxylic acid groups (broad SMARTS) is 1. The zero-order valence-electron chi connectivity index (χ0n) is 22.0. The molecule has 248 valence electrons. The summed E-state index contributed by atoms with van der Waals surface area (Å²) < 4.78 is 54.1. The maximum absolute atomic E-state index is 12.6. The minimum Gasteiger partial charge on any atom is -0.473 e. The van der Waals surface area contributed by atoms with Crippen LogP contribution in [0.15, 0.2) is 21.9 Å². The van der Waals surface area contributed by atoms with Gasteiger partial charge in [0.15, 0.2) is 18.6 Å². The number of aliphatic carboxylic acids is 1. The molecule has 11 unspecified atom stereocenters. The van der Waals surface area contributed by atoms with Crippen LogP contribution in [0.1, 0.15) is 13.2 Å². The molecule has 11 atom stereocenters. The van der Waals surface area contributed by atoms with Crippen molar-refractivity contribution in [1.82, 2.24) is 14.9 Å². The van der Waals surface area contributed by atoms with Gasteiger partial charge in [0.1, 0.15) is 36.6 Å². The summed E-state index contributed by atoms with van der Waals surface area (Å²) in [7, 11) is -11.5. The SMILES string of the molecule is CC(=O)NC1C(OP(=O)(O)OP(=O)(O)OCC2OC(n3ccc(=O)[nH]c3=O)C(O)C2O)OC(CO)C(O)C1OC(=O)C(=O)O. The monoisotopic (exact) mass is 679 g/mol. The molecular formula is C19H27N3O20P2. The molecule has 1 amide bonds. The lowest BCUT2D eigenvalue weighted by atomic mass is 9.96. The predicted molar refractivity (Wildman–Crippen MR) is 132 cm³/mol. The van der Waals surface area contributed by atoms with E-state index in [1.807, 2.05) is 10.3 Å². The molecule has 25 heteroatoms. The van der Waals surface area contributed by atoms with Crippen LogP contribution >= 0.6 is 15.6 Å². The predicted octanol–water partition coefficient (Wildman–Crippen LogP) is -5.01. The number of aromatic amines is 1. The minimum absolute atomic E-state index is 0.688. The number of aromatic nitrogens is 2. The molecule has 0 spiro atoms. The van der Waals surface area contributed by atoms with E-state index in [2.05, 4.69) is 18.1 Å². The van der Waals surface area contributed by atoms with Gasteiger partial charge in [0.2, 0.25) is 5.91 Å². The number of carbonyl (C=O) groups is 3. The van der Waals surface area contributed by atoms with Crippen molar-refractivity contribution in [2.24, 2.45) is 0 Å². The van der Waals surface area contributed by atoms with Gasteiger partial charge in [-0.25, -0.2) is 23.5 Å². The Bertz CT molecular complexity index is 1450. The summed E-state index contributed by atoms with van der Waals surface area (Å²) in [5.41, 5.74) is -1.82. The molecule has 23 nitrogen and oxygen atoms in total. The average Bonchev–Trinajstić information content (AvgIpc) is 3.18. The van der Waals surface area contributed by atoms with E-state index in [1.54, 1.807) is 0 Å². The van der Waals surface area contributed by atoms with Crippen molar-refractivity contribution in [3.05, 3.63) is 33.1 Å². The number of carboxylic acids is 1. The molecule has 0 radical (unpaired) electrons. The molecule has 44 heavy (non-hydrogen) atoms. The topological polar surface area (TPSA) is 349 Å². The highest BCUT2D eigenvalue weighted by atomic mass is 31.3. The van der Waals surface area contributed by atoms with Gasteiger partial charge < -0.3 is 54.8 Å². The third-order valence-electron chi connectivity index (χ3n) is 5.95. The van der Waals surface area contributed by atoms with Crippen LogP contribution < -0.4 is 16.6 Å². The van der Waals surface area contributed by atoms with E-state index in [0.717, 1.165) is 19.2 Å². The maximum Gasteiger partial charge on any atom is 0.483 e. The van der Waals surface area contributed by atoms with Gasteiger partial charge in [-0.05, 0) is 0 Å². The summed E-state index contributed by atoms with van der Waals surface area (Å²) in [5.74, 6) is -5.05. The molecule has 2 aliphatic rings. The number of hydrogen-bond acceptors (Lipinski definition) is 17. The van der Waals surface area contributed by atoms with Crippen molar-refractivity contribution in [3.8, 4) is 0 Å². The van der Waals surface area contributed by atoms with Crippen molar-refractivity contribution in [1.29, 1.82) is 0 Å². The number of hydrogen-bond donors (Lipinski definition) is 9. The van der Waals surface area contributed by atoms with E-state index in [9.17, 15) is 63.3 Å². The van der Waals surface area contributed by atoms with Crippen molar-refractivity contribution in [2.75, 3.05) is 13.2 Å². The van der Waals surface area contributed by atoms with Gasteiger partial charge in [0, 0.05) is 19.2 Å². The summed E-state index contributed by atoms with van der Waals surface area (Å²) >= 11 is 0. The van der Waals surface area contributed by atoms with Crippen LogP contribution in [0.4, 0.5) is 0 Å². The van der Waals surface area contributed by atoms with E-state index in [-0.39, 0.29) is 0 Å². The molecule has 0 bridgehead atoms. The van der Waals surface area contributed by atoms with Crippen LogP contribution in [-0.2, 0) is 51.1 Å². The van der Waals surface area contributed by atoms with Gasteiger partial charge in [0.25, 0.3) is 5.56 Å². The van der Waals surface area contributed by atoms with E-state index in [0.29, 0.717) is 4.57 Å². The third-order valence-corrected chi connectivity index (χ3v) is 8.55. The standard InChI is InChI=1S/C19H27N3O20P2/c1-6(24)20-10-14(40-17(31)16(29)30)12(27)7(4-23)39-18(10)41-44(35,36)42-43(33,34)37-5-8-11(26)13(28)15(38-8)22-3-2-9(25)21-19(22)32/h2-3,7-8,10-15,18,23,26-28H,4-5H2,1H3,(H,20,24)(H,29,30)(H,33,34)(H,35,36)(H,21,25,32). The lowest BCUT2D eigenvalue weighted by Gasteiger charge is -2.43. The first kappa shape index (κ1) is 35.6. The third kappa shape index (κ3) is 8.63. The number of aliphatic hydroxyl groups excluding tert-OH is 4. The lowest BCUT2D eigenvalue weighted by Crippen LogP contribution is -2.65. The van der Waals surface area contributed by atoms with Crippen molar-refractivity contribution >= 4 is 33.5 Å². The Morgan fingerprint density at radius 3 is 2.27 bits per heavy atom. The quantitative estimate of drug-likeness (QED) is 0.0600. The van der Waals surface area contributed by atoms with Crippen LogP contribution in [0.25, 0.3) is 0 Å². The van der Waals surface area contributed by atoms with Crippen molar-refractivity contribution in [2.45, 2.75) is 62.1 Å². The van der Waals surface area contributed by atoms with Crippen LogP contribution in [0.2, 0.25) is 0 Å². The first-order valence-corrected chi connectivity index (χ1v) is 15.0. The first-order chi connectivity index (χ1) is 20.4. The number of ether oxygens (including phenoxy) is 3. The molecule has 1 aromatic rings. The summed E-state index contributed by atoms with van der Waals surface area (Å²) in [6.45, 7) is -1.30. The molecule has 3 heterocycles. The second-order valence-electron chi connectivity index (χ2n) is 9.10. The van der Waals surface area contributed by atoms with Crippen LogP contribution in [0.3, 0.4) is 0 Å². The number of H-pyrrole nitrogens is 1. The van der Waals surface area contributed by atoms with Crippen LogP contribution in [-0.4, -0.2) is 125 Å². The summed E-state index contributed by atoms with van der Waals surface area (Å²) in [5, 5.41) is 51.2. The summed E-state index contributed by atoms with van der Waals surface area (Å²) in [4.78, 5) is 79.6. The molecule has 0 aliphatic carbocycles. The van der Waals surface area contributed by atoms with Gasteiger partial charge in [-0.15, -0.1) is 0 Å². The first-order valence-electron chi connectivity index (χ1n) is 12.0. The number of rotatable bonds is 11. The Morgan fingerprint density at radius 1 is 1.05 bits per heavy atom. The van der Waals surface area contributed by atoms with Gasteiger partial charge in [-0.1, -0.05) is 0 Å². The van der Waals surface area contributed by atoms with Crippen molar-refractivity contribution < 1.29 is 86.4 Å². The Balaban J connectivity index is 1.72. The number of nitrogens with one attached hydrogen (secondary N) is 2. The number of phosphoric acid groups is 2. The fraction of sp³-hybridized carbons (Fsp3) is 0.632. The zero-order valence-corrected chi connectivity index (χ0v) is 23.8. The van der Waals surface area contributed by atoms with E-state index < -0.39 is 113 Å². The number of aliphatic hydroxyl groups is 4. The fourth-order valence-electron chi connectivity index (χ4n) is 4.06. The molecule has 0 saturated carbocycles. The van der Waals surface area contributed by atoms with Crippen LogP contribution in [0, 0.1) is 0 Å². The summed E-state index contributed by atoms with van der Waals surface area (Å²) in [6, 6.07) is -1.07. The Kier molecular flexibility index (Phi) is 11.4. The fourth-order valence-corrected chi connectivity index (χ4v) is 6.22. The number of carbonyl (C=O) groups excluding carboxylic acids is 2. The van der Waals surface area contributed by atoms with E-state index >= 15 is 0 Å². The van der Waals surface area contributed by atoms with Crippen LogP contribution in [0.5, 0.6) is 0 Å². The van der Waals surface area contributed by atoms with Gasteiger partial charge in [-0.2, -0.15) is 4.31 Å². The highest BCUT2D eigenvalue weighted by molar-refractivity contribution is 7.61. The van der Waals surface area contributed by atoms with E-state index in [1.165, 1.54) is 0 Å². The molecule has 0 aromatic carbocycles. The Hall–Kier alpha value is -2.89. The molecule has 9 N–H and O–H groups in total. The Labute approximate surface area is 243 Å². The van der Waals surface area contributed by atoms with Gasteiger partial charge in [0.05, 0.1) is 13.2 Å². The normalized spacial score (nSPS) is 33.1. The Morgan fingerprint density at radius 2 is 1.70 bits per heavy atom. The average molecular weight is 679 g/mol. The second-order valence-corrected chi connectivity index (χ2v) is 12.1. The van der Waals surface area contributed by atoms with E-state index in [4.69, 9.17) is 14.6 Å². The highest BCUT2D eigenvalue weighted by Crippen LogP contribution is 2.61. The van der Waals surface area contributed by atoms with Crippen molar-refractivity contribution in [3.63, 3.8) is 0 Å². The number of amides is 1. The number of nitrogens with zero attached hydrogens (tertiary/aromatic N) is 1. The highest BCUT2D eigenvalue weighted by Gasteiger charge is 2.52. The van der Waals surface area contributed by atoms with Gasteiger partial charge >= 0.3 is 33.3 Å². The lowest BCUT2D eigenvalue weighted by molar-refractivity contribution is -0.253. The molecule has 2 saturated heterocycles. The molecular weight excluding hydrogens is 652 g/mol. The molecule has 3 rings (SSSR count). The molecule has 1 aromatic heterocycles. The second kappa shape index (κ2) is 14.0. The zero-order chi connectivity index (χ0) is 33.1. The summed E-state index contributed by atoms with van der Waals surface area (Å²) in [6.07, 6.45) is -14.2. The largest absolute Gasteiger partial charge is 0.483 e. The number of phosphoric ester groups is 2. The number of esters is 1. The molecule has 2 aliphatic heterocycles. The maximum atomic E-state index is 12.6. The minimum atomic E-state index is -5.83. The smallest absolute Gasteiger partial charge is 0.473 e. The van der Waals surface area contributed by atoms with Gasteiger partial charge in [-0.3, -0.25) is 28.2 Å². The molecule has 2 fully saturated rings.